The fourth-order valence-corrected chi connectivity index (χ4v) is 2.76. The number of nitrogens with zero attached hydrogens (tertiary/aromatic N) is 3. The molecule has 2 aromatic rings. The van der Waals surface area contributed by atoms with Crippen LogP contribution in [-0.4, -0.2) is 45.9 Å². The van der Waals surface area contributed by atoms with Crippen LogP contribution in [0.2, 0.25) is 0 Å². The van der Waals surface area contributed by atoms with E-state index >= 15 is 0 Å². The zero-order valence-electron chi connectivity index (χ0n) is 12.5. The molecule has 1 N–H and O–H groups in total. The number of ether oxygens (including phenoxy) is 1. The van der Waals surface area contributed by atoms with Crippen LogP contribution in [0, 0.1) is 0 Å². The minimum atomic E-state index is -1.01. The molecule has 0 radical (unpaired) electrons. The van der Waals surface area contributed by atoms with Gasteiger partial charge in [0.05, 0.1) is 12.2 Å². The molecule has 6 nitrogen and oxygen atoms in total. The summed E-state index contributed by atoms with van der Waals surface area (Å²) < 4.78 is 7.29. The number of carboxylic acid groups (broad SMARTS) is 1. The molecule has 1 aliphatic heterocycles. The Balaban J connectivity index is 1.87. The number of carboxylic acids is 1. The number of para-hydroxylation sites is 1. The zero-order chi connectivity index (χ0) is 15.5. The maximum absolute atomic E-state index is 11.6. The predicted molar refractivity (Wildman–Crippen MR) is 81.5 cm³/mol. The molecule has 1 saturated heterocycles. The van der Waals surface area contributed by atoms with E-state index in [1.165, 1.54) is 6.20 Å². The molecule has 1 aliphatic rings. The molecule has 1 fully saturated rings. The second-order valence-corrected chi connectivity index (χ2v) is 5.56. The van der Waals surface area contributed by atoms with Crippen molar-refractivity contribution in [2.24, 2.45) is 0 Å². The van der Waals surface area contributed by atoms with E-state index in [4.69, 9.17) is 4.74 Å². The lowest BCUT2D eigenvalue weighted by Crippen LogP contribution is -2.32. The van der Waals surface area contributed by atoms with Crippen molar-refractivity contribution in [2.45, 2.75) is 18.9 Å². The number of carbonyl (C=O) groups is 1. The van der Waals surface area contributed by atoms with Crippen LogP contribution in [0.15, 0.2) is 36.5 Å². The molecule has 22 heavy (non-hydrogen) atoms. The summed E-state index contributed by atoms with van der Waals surface area (Å²) in [4.78, 5) is 13.9. The molecule has 1 aromatic carbocycles. The third-order valence-corrected chi connectivity index (χ3v) is 3.97. The Morgan fingerprint density at radius 2 is 1.95 bits per heavy atom. The molecule has 0 atom stereocenters. The van der Waals surface area contributed by atoms with Gasteiger partial charge in [-0.25, -0.2) is 4.79 Å². The largest absolute Gasteiger partial charge is 0.476 e. The molecule has 116 valence electrons. The number of aromatic carboxylic acids is 1. The second-order valence-electron chi connectivity index (χ2n) is 5.56. The Morgan fingerprint density at radius 1 is 1.27 bits per heavy atom. The van der Waals surface area contributed by atoms with E-state index in [-0.39, 0.29) is 17.5 Å². The van der Waals surface area contributed by atoms with Gasteiger partial charge in [-0.15, -0.1) is 0 Å². The number of piperidine rings is 1. The molecule has 0 spiro atoms. The first-order chi connectivity index (χ1) is 10.6. The molecule has 6 heteroatoms. The number of likely N-dealkylation sites (tertiary alicyclic amines) is 1. The van der Waals surface area contributed by atoms with Crippen molar-refractivity contribution in [3.05, 3.63) is 42.2 Å². The first-order valence-electron chi connectivity index (χ1n) is 7.37. The quantitative estimate of drug-likeness (QED) is 0.940. The van der Waals surface area contributed by atoms with Crippen molar-refractivity contribution in [2.75, 3.05) is 20.1 Å². The molecular weight excluding hydrogens is 282 g/mol. The summed E-state index contributed by atoms with van der Waals surface area (Å²) in [5.74, 6) is -0.118. The van der Waals surface area contributed by atoms with E-state index in [0.717, 1.165) is 25.9 Å². The third-order valence-electron chi connectivity index (χ3n) is 3.97. The van der Waals surface area contributed by atoms with Crippen molar-refractivity contribution < 1.29 is 14.6 Å². The highest BCUT2D eigenvalue weighted by atomic mass is 16.5. The fraction of sp³-hybridized carbons (Fsp3) is 0.375. The number of rotatable bonds is 4. The highest BCUT2D eigenvalue weighted by Crippen LogP contribution is 2.30. The predicted octanol–water partition coefficient (Wildman–Crippen LogP) is 2.64. The molecule has 0 amide bonds. The van der Waals surface area contributed by atoms with Gasteiger partial charge >= 0.3 is 5.97 Å². The van der Waals surface area contributed by atoms with Crippen molar-refractivity contribution in [3.8, 4) is 11.5 Å². The Bertz CT molecular complexity index is 646. The van der Waals surface area contributed by atoms with Crippen LogP contribution in [0.3, 0.4) is 0 Å². The molecule has 2 heterocycles. The van der Waals surface area contributed by atoms with E-state index in [1.54, 1.807) is 16.8 Å². The Kier molecular flexibility index (Phi) is 4.11. The van der Waals surface area contributed by atoms with Gasteiger partial charge in [-0.3, -0.25) is 4.68 Å². The van der Waals surface area contributed by atoms with Gasteiger partial charge in [-0.1, -0.05) is 18.2 Å². The molecule has 0 aliphatic carbocycles. The van der Waals surface area contributed by atoms with E-state index < -0.39 is 5.97 Å². The smallest absolute Gasteiger partial charge is 0.358 e. The van der Waals surface area contributed by atoms with Gasteiger partial charge in [0.25, 0.3) is 0 Å². The lowest BCUT2D eigenvalue weighted by molar-refractivity contribution is 0.0672. The number of hydrogen-bond donors (Lipinski definition) is 1. The van der Waals surface area contributed by atoms with Crippen LogP contribution >= 0.6 is 0 Å². The summed E-state index contributed by atoms with van der Waals surface area (Å²) in [5, 5.41) is 13.8. The lowest BCUT2D eigenvalue weighted by Gasteiger charge is -2.29. The van der Waals surface area contributed by atoms with Gasteiger partial charge in [0.15, 0.2) is 11.4 Å². The number of benzene rings is 1. The molecule has 0 saturated carbocycles. The zero-order valence-corrected chi connectivity index (χ0v) is 12.5. The van der Waals surface area contributed by atoms with Crippen LogP contribution in [-0.2, 0) is 0 Å². The third kappa shape index (κ3) is 2.96. The van der Waals surface area contributed by atoms with Gasteiger partial charge in [0, 0.05) is 0 Å². The van der Waals surface area contributed by atoms with Crippen LogP contribution in [0.25, 0.3) is 0 Å². The molecule has 3 rings (SSSR count). The highest BCUT2D eigenvalue weighted by molar-refractivity contribution is 5.89. The minimum Gasteiger partial charge on any atom is -0.476 e. The average Bonchev–Trinajstić information content (AvgIpc) is 2.93. The van der Waals surface area contributed by atoms with Gasteiger partial charge in [-0.2, -0.15) is 5.10 Å². The SMILES string of the molecule is CN1CCC(n2ncc(Oc3ccccc3)c2C(=O)O)CC1. The maximum atomic E-state index is 11.6. The molecule has 0 bridgehead atoms. The monoisotopic (exact) mass is 301 g/mol. The van der Waals surface area contributed by atoms with Crippen LogP contribution in [0.4, 0.5) is 0 Å². The summed E-state index contributed by atoms with van der Waals surface area (Å²) in [6.45, 7) is 1.89. The Labute approximate surface area is 128 Å². The fourth-order valence-electron chi connectivity index (χ4n) is 2.76. The van der Waals surface area contributed by atoms with Crippen molar-refractivity contribution >= 4 is 5.97 Å². The lowest BCUT2D eigenvalue weighted by atomic mass is 10.1. The molecule has 0 unspecified atom stereocenters. The average molecular weight is 301 g/mol. The van der Waals surface area contributed by atoms with E-state index in [0.29, 0.717) is 5.75 Å². The standard InChI is InChI=1S/C16H19N3O3/c1-18-9-7-12(8-10-18)19-15(16(20)21)14(11-17-19)22-13-5-3-2-4-6-13/h2-6,11-12H,7-10H2,1H3,(H,20,21). The van der Waals surface area contributed by atoms with Crippen LogP contribution in [0.1, 0.15) is 29.4 Å². The van der Waals surface area contributed by atoms with Crippen molar-refractivity contribution in [3.63, 3.8) is 0 Å². The Hall–Kier alpha value is -2.34. The number of hydrogen-bond acceptors (Lipinski definition) is 4. The summed E-state index contributed by atoms with van der Waals surface area (Å²) in [6.07, 6.45) is 3.28. The first kappa shape index (κ1) is 14.6. The Morgan fingerprint density at radius 3 is 2.59 bits per heavy atom. The topological polar surface area (TPSA) is 67.6 Å². The highest BCUT2D eigenvalue weighted by Gasteiger charge is 2.27. The van der Waals surface area contributed by atoms with Crippen LogP contribution < -0.4 is 4.74 Å². The summed E-state index contributed by atoms with van der Waals surface area (Å²) in [5.41, 5.74) is 0.124. The van der Waals surface area contributed by atoms with Crippen LogP contribution in [0.5, 0.6) is 11.5 Å². The minimum absolute atomic E-state index is 0.107. The van der Waals surface area contributed by atoms with Gasteiger partial charge in [0.2, 0.25) is 0 Å². The van der Waals surface area contributed by atoms with E-state index in [1.807, 2.05) is 18.2 Å². The van der Waals surface area contributed by atoms with Gasteiger partial charge < -0.3 is 14.7 Å². The summed E-state index contributed by atoms with van der Waals surface area (Å²) in [7, 11) is 2.07. The first-order valence-corrected chi connectivity index (χ1v) is 7.37. The summed E-state index contributed by atoms with van der Waals surface area (Å²) in [6, 6.07) is 9.26. The van der Waals surface area contributed by atoms with E-state index in [2.05, 4.69) is 17.0 Å². The van der Waals surface area contributed by atoms with Gasteiger partial charge in [0.1, 0.15) is 5.75 Å². The van der Waals surface area contributed by atoms with Gasteiger partial charge in [-0.05, 0) is 45.1 Å². The second kappa shape index (κ2) is 6.19. The molecule has 1 aromatic heterocycles. The van der Waals surface area contributed by atoms with Crippen molar-refractivity contribution in [1.29, 1.82) is 0 Å². The summed E-state index contributed by atoms with van der Waals surface area (Å²) >= 11 is 0. The van der Waals surface area contributed by atoms with Crippen molar-refractivity contribution in [1.82, 2.24) is 14.7 Å². The van der Waals surface area contributed by atoms with E-state index in [9.17, 15) is 9.90 Å². The molecular formula is C16H19N3O3. The maximum Gasteiger partial charge on any atom is 0.358 e. The normalized spacial score (nSPS) is 16.6. The number of aromatic nitrogens is 2.